The number of hydrogen-bond donors (Lipinski definition) is 1. The van der Waals surface area contributed by atoms with Crippen LogP contribution in [0, 0.1) is 0 Å². The van der Waals surface area contributed by atoms with E-state index in [2.05, 4.69) is 4.72 Å². The molecule has 3 rings (SSSR count). The van der Waals surface area contributed by atoms with E-state index < -0.39 is 16.1 Å². The molecule has 0 heterocycles. The van der Waals surface area contributed by atoms with Crippen molar-refractivity contribution >= 4 is 44.6 Å². The van der Waals surface area contributed by atoms with Crippen LogP contribution in [0.15, 0.2) is 90.3 Å². The Morgan fingerprint density at radius 2 is 1.34 bits per heavy atom. The number of anilines is 2. The summed E-state index contributed by atoms with van der Waals surface area (Å²) in [7, 11) is -4.04. The Morgan fingerprint density at radius 3 is 1.83 bits per heavy atom. The van der Waals surface area contributed by atoms with Crippen LogP contribution in [0.3, 0.4) is 0 Å². The number of amides is 2. The average molecular weight is 427 g/mol. The molecular formula is C22H19ClN2O3S. The second-order valence-corrected chi connectivity index (χ2v) is 8.23. The van der Waals surface area contributed by atoms with E-state index in [1.165, 1.54) is 4.90 Å². The Hall–Kier alpha value is -3.09. The largest absolute Gasteiger partial charge is 0.340 e. The van der Waals surface area contributed by atoms with Crippen molar-refractivity contribution in [3.63, 3.8) is 0 Å². The first kappa shape index (κ1) is 20.6. The van der Waals surface area contributed by atoms with Gasteiger partial charge in [-0.15, -0.1) is 0 Å². The highest BCUT2D eigenvalue weighted by molar-refractivity contribution is 7.93. The molecule has 29 heavy (non-hydrogen) atoms. The molecule has 148 valence electrons. The van der Waals surface area contributed by atoms with Gasteiger partial charge in [0, 0.05) is 5.02 Å². The molecule has 0 aliphatic carbocycles. The van der Waals surface area contributed by atoms with Gasteiger partial charge < -0.3 is 0 Å². The quantitative estimate of drug-likeness (QED) is 0.579. The van der Waals surface area contributed by atoms with Gasteiger partial charge in [0.05, 0.1) is 16.8 Å². The van der Waals surface area contributed by atoms with Gasteiger partial charge in [-0.05, 0) is 54.5 Å². The van der Waals surface area contributed by atoms with Crippen LogP contribution in [-0.2, 0) is 10.0 Å². The first-order valence-electron chi connectivity index (χ1n) is 8.77. The molecule has 3 aromatic carbocycles. The lowest BCUT2D eigenvalue weighted by molar-refractivity contribution is 0.253. The van der Waals surface area contributed by atoms with Crippen LogP contribution in [0.2, 0.25) is 5.02 Å². The van der Waals surface area contributed by atoms with Crippen molar-refractivity contribution in [3.05, 3.63) is 101 Å². The van der Waals surface area contributed by atoms with Crippen LogP contribution in [0.4, 0.5) is 16.2 Å². The molecule has 0 saturated carbocycles. The van der Waals surface area contributed by atoms with Gasteiger partial charge in [0.1, 0.15) is 0 Å². The number of sulfonamides is 1. The number of carbonyl (C=O) groups excluding carboxylic acids is 1. The van der Waals surface area contributed by atoms with Gasteiger partial charge in [-0.3, -0.25) is 4.90 Å². The lowest BCUT2D eigenvalue weighted by Crippen LogP contribution is -2.39. The van der Waals surface area contributed by atoms with Crippen LogP contribution < -0.4 is 9.62 Å². The molecule has 0 aliphatic heterocycles. The monoisotopic (exact) mass is 426 g/mol. The van der Waals surface area contributed by atoms with Gasteiger partial charge in [-0.1, -0.05) is 60.1 Å². The number of rotatable bonds is 5. The maximum Gasteiger partial charge on any atom is 0.340 e. The summed E-state index contributed by atoms with van der Waals surface area (Å²) in [6.45, 7) is 1.65. The maximum atomic E-state index is 12.9. The molecule has 0 aliphatic rings. The number of nitrogens with one attached hydrogen (secondary N) is 1. The van der Waals surface area contributed by atoms with E-state index in [1.807, 2.05) is 12.1 Å². The van der Waals surface area contributed by atoms with Crippen molar-refractivity contribution in [2.24, 2.45) is 0 Å². The van der Waals surface area contributed by atoms with Crippen molar-refractivity contribution < 1.29 is 13.2 Å². The molecule has 1 N–H and O–H groups in total. The van der Waals surface area contributed by atoms with Gasteiger partial charge in [0.15, 0.2) is 0 Å². The molecule has 0 bridgehead atoms. The Labute approximate surface area is 175 Å². The van der Waals surface area contributed by atoms with E-state index in [-0.39, 0.29) is 0 Å². The zero-order chi connectivity index (χ0) is 20.9. The van der Waals surface area contributed by atoms with Crippen LogP contribution >= 0.6 is 11.6 Å². The van der Waals surface area contributed by atoms with Crippen molar-refractivity contribution in [3.8, 4) is 0 Å². The first-order chi connectivity index (χ1) is 13.9. The summed E-state index contributed by atoms with van der Waals surface area (Å²) in [6.07, 6.45) is 0. The molecule has 5 nitrogen and oxygen atoms in total. The molecule has 7 heteroatoms. The fraction of sp³-hybridized carbons (Fsp3) is 0.0455. The topological polar surface area (TPSA) is 66.5 Å². The fourth-order valence-corrected chi connectivity index (χ4v) is 3.87. The summed E-state index contributed by atoms with van der Waals surface area (Å²) in [4.78, 5) is 14.2. The van der Waals surface area contributed by atoms with E-state index in [0.29, 0.717) is 27.5 Å². The molecule has 0 saturated heterocycles. The normalized spacial score (nSPS) is 11.7. The minimum absolute atomic E-state index is 0.480. The molecule has 0 radical (unpaired) electrons. The highest BCUT2D eigenvalue weighted by Crippen LogP contribution is 2.25. The van der Waals surface area contributed by atoms with Gasteiger partial charge in [-0.25, -0.2) is 17.9 Å². The zero-order valence-corrected chi connectivity index (χ0v) is 17.2. The predicted octanol–water partition coefficient (Wildman–Crippen LogP) is 5.58. The number of benzene rings is 3. The van der Waals surface area contributed by atoms with Crippen molar-refractivity contribution in [1.29, 1.82) is 0 Å². The van der Waals surface area contributed by atoms with Crippen molar-refractivity contribution in [2.75, 3.05) is 4.90 Å². The van der Waals surface area contributed by atoms with Crippen LogP contribution in [0.25, 0.3) is 5.57 Å². The Morgan fingerprint density at radius 1 is 0.862 bits per heavy atom. The standard InChI is InChI=1S/C22H19ClN2O3S/c1-17(18-12-14-19(23)15-13-18)16-29(27,28)24-22(26)25(20-8-4-2-5-9-20)21-10-6-3-7-11-21/h2-16H,1H3,(H,24,26). The smallest absolute Gasteiger partial charge is 0.262 e. The summed E-state index contributed by atoms with van der Waals surface area (Å²) < 4.78 is 27.3. The van der Waals surface area contributed by atoms with E-state index in [9.17, 15) is 13.2 Å². The summed E-state index contributed by atoms with van der Waals surface area (Å²) in [6, 6.07) is 23.7. The van der Waals surface area contributed by atoms with E-state index in [1.54, 1.807) is 79.7 Å². The molecule has 0 atom stereocenters. The predicted molar refractivity (Wildman–Crippen MR) is 118 cm³/mol. The number of urea groups is 1. The third-order valence-corrected chi connectivity index (χ3v) is 5.47. The lowest BCUT2D eigenvalue weighted by Gasteiger charge is -2.23. The molecule has 0 spiro atoms. The molecule has 3 aromatic rings. The van der Waals surface area contributed by atoms with Gasteiger partial charge in [0.25, 0.3) is 10.0 Å². The molecular weight excluding hydrogens is 408 g/mol. The number of halogens is 1. The van der Waals surface area contributed by atoms with E-state index in [4.69, 9.17) is 11.6 Å². The molecule has 0 aromatic heterocycles. The zero-order valence-electron chi connectivity index (χ0n) is 15.6. The number of nitrogens with zero attached hydrogens (tertiary/aromatic N) is 1. The maximum absolute atomic E-state index is 12.9. The summed E-state index contributed by atoms with van der Waals surface area (Å²) in [5, 5.41) is 1.58. The fourth-order valence-electron chi connectivity index (χ4n) is 2.75. The van der Waals surface area contributed by atoms with E-state index >= 15 is 0 Å². The summed E-state index contributed by atoms with van der Waals surface area (Å²) >= 11 is 5.87. The van der Waals surface area contributed by atoms with Gasteiger partial charge in [-0.2, -0.15) is 0 Å². The lowest BCUT2D eigenvalue weighted by atomic mass is 10.1. The third kappa shape index (κ3) is 5.47. The number of allylic oxidation sites excluding steroid dienone is 1. The highest BCUT2D eigenvalue weighted by Gasteiger charge is 2.22. The van der Waals surface area contributed by atoms with Gasteiger partial charge in [0.2, 0.25) is 0 Å². The molecule has 2 amide bonds. The van der Waals surface area contributed by atoms with Crippen LogP contribution in [-0.4, -0.2) is 14.4 Å². The van der Waals surface area contributed by atoms with Crippen LogP contribution in [0.5, 0.6) is 0 Å². The minimum Gasteiger partial charge on any atom is -0.262 e. The Kier molecular flexibility index (Phi) is 6.36. The third-order valence-electron chi connectivity index (χ3n) is 4.09. The second-order valence-electron chi connectivity index (χ2n) is 6.27. The van der Waals surface area contributed by atoms with Gasteiger partial charge >= 0.3 is 6.03 Å². The Balaban J connectivity index is 1.89. The average Bonchev–Trinajstić information content (AvgIpc) is 2.69. The van der Waals surface area contributed by atoms with Crippen molar-refractivity contribution in [2.45, 2.75) is 6.92 Å². The summed E-state index contributed by atoms with van der Waals surface area (Å²) in [5.74, 6) is 0. The number of hydrogen-bond acceptors (Lipinski definition) is 3. The number of para-hydroxylation sites is 2. The summed E-state index contributed by atoms with van der Waals surface area (Å²) in [5.41, 5.74) is 2.26. The number of carbonyl (C=O) groups is 1. The first-order valence-corrected chi connectivity index (χ1v) is 10.7. The molecule has 0 fully saturated rings. The second kappa shape index (κ2) is 8.94. The van der Waals surface area contributed by atoms with Crippen LogP contribution in [0.1, 0.15) is 12.5 Å². The molecule has 0 unspecified atom stereocenters. The van der Waals surface area contributed by atoms with Crippen molar-refractivity contribution in [1.82, 2.24) is 4.72 Å². The SMILES string of the molecule is CC(=CS(=O)(=O)NC(=O)N(c1ccccc1)c1ccccc1)c1ccc(Cl)cc1. The van der Waals surface area contributed by atoms with E-state index in [0.717, 1.165) is 5.41 Å². The highest BCUT2D eigenvalue weighted by atomic mass is 35.5. The minimum atomic E-state index is -4.04. The Bertz CT molecular complexity index is 1070.